The molecule has 3 aliphatic carbocycles. The van der Waals surface area contributed by atoms with Crippen LogP contribution in [0.4, 0.5) is 0 Å². The summed E-state index contributed by atoms with van der Waals surface area (Å²) in [6.07, 6.45) is 24.3. The molecule has 3 saturated carbocycles. The van der Waals surface area contributed by atoms with Crippen molar-refractivity contribution in [1.29, 1.82) is 0 Å². The fraction of sp³-hybridized carbons (Fsp3) is 1.00. The van der Waals surface area contributed by atoms with Crippen molar-refractivity contribution < 1.29 is 0 Å². The van der Waals surface area contributed by atoms with E-state index in [1.54, 1.807) is 25.7 Å². The Bertz CT molecular complexity index is 371. The lowest BCUT2D eigenvalue weighted by Gasteiger charge is -2.53. The predicted molar refractivity (Wildman–Crippen MR) is 102 cm³/mol. The lowest BCUT2D eigenvalue weighted by molar-refractivity contribution is -0.0293. The monoisotopic (exact) mass is 318 g/mol. The Labute approximate surface area is 146 Å². The minimum atomic E-state index is 0.593. The van der Waals surface area contributed by atoms with E-state index in [2.05, 4.69) is 20.8 Å². The van der Waals surface area contributed by atoms with Gasteiger partial charge in [-0.2, -0.15) is 0 Å². The summed E-state index contributed by atoms with van der Waals surface area (Å²) in [5, 5.41) is 0. The first kappa shape index (κ1) is 17.8. The molecule has 0 spiro atoms. The Morgan fingerprint density at radius 1 is 0.522 bits per heavy atom. The lowest BCUT2D eigenvalue weighted by atomic mass is 9.52. The van der Waals surface area contributed by atoms with Gasteiger partial charge in [-0.05, 0) is 73.5 Å². The summed E-state index contributed by atoms with van der Waals surface area (Å²) >= 11 is 0. The minimum absolute atomic E-state index is 0.593. The van der Waals surface area contributed by atoms with Crippen LogP contribution in [0.25, 0.3) is 0 Å². The summed E-state index contributed by atoms with van der Waals surface area (Å²) in [7, 11) is 0. The molecular weight excluding hydrogens is 276 g/mol. The van der Waals surface area contributed by atoms with Crippen molar-refractivity contribution in [2.24, 2.45) is 22.2 Å². The van der Waals surface area contributed by atoms with Gasteiger partial charge >= 0.3 is 0 Å². The summed E-state index contributed by atoms with van der Waals surface area (Å²) < 4.78 is 0. The van der Waals surface area contributed by atoms with Gasteiger partial charge in [-0.3, -0.25) is 0 Å². The lowest BCUT2D eigenvalue weighted by Crippen LogP contribution is -2.43. The highest BCUT2D eigenvalue weighted by atomic mass is 14.6. The molecule has 2 atom stereocenters. The number of fused-ring (bicyclic) bond motifs is 1. The standard InChI is InChI=1S/C23H42/c1-21(2)14-10-16-23(17-11-15-22(23,3)19-18-21)20-12-8-6-4-5-7-9-13-20/h20H,4-19H2,1-3H3. The largest absolute Gasteiger partial charge is 0.0599 e. The highest BCUT2D eigenvalue weighted by Crippen LogP contribution is 2.65. The zero-order valence-electron chi connectivity index (χ0n) is 16.4. The molecule has 3 fully saturated rings. The first-order chi connectivity index (χ1) is 11.0. The van der Waals surface area contributed by atoms with E-state index in [4.69, 9.17) is 0 Å². The SMILES string of the molecule is CC1(C)CCCC2(C3CCCCCCCC3)CCCC2(C)CC1. The number of hydrogen-bond donors (Lipinski definition) is 0. The summed E-state index contributed by atoms with van der Waals surface area (Å²) in [6, 6.07) is 0. The highest BCUT2D eigenvalue weighted by molar-refractivity contribution is 5.05. The van der Waals surface area contributed by atoms with Crippen molar-refractivity contribution in [2.45, 2.75) is 124 Å². The van der Waals surface area contributed by atoms with E-state index in [-0.39, 0.29) is 0 Å². The van der Waals surface area contributed by atoms with Crippen LogP contribution in [-0.2, 0) is 0 Å². The van der Waals surface area contributed by atoms with E-state index in [0.29, 0.717) is 16.2 Å². The average molecular weight is 319 g/mol. The topological polar surface area (TPSA) is 0 Å². The Morgan fingerprint density at radius 3 is 1.74 bits per heavy atom. The van der Waals surface area contributed by atoms with Gasteiger partial charge in [0, 0.05) is 0 Å². The molecule has 0 heteroatoms. The first-order valence-corrected chi connectivity index (χ1v) is 11.0. The second-order valence-electron chi connectivity index (χ2n) is 10.5. The van der Waals surface area contributed by atoms with Crippen molar-refractivity contribution in [3.05, 3.63) is 0 Å². The van der Waals surface area contributed by atoms with E-state index in [0.717, 1.165) is 5.92 Å². The van der Waals surface area contributed by atoms with Crippen LogP contribution in [0.3, 0.4) is 0 Å². The molecule has 134 valence electrons. The molecule has 0 heterocycles. The summed E-state index contributed by atoms with van der Waals surface area (Å²) in [4.78, 5) is 0. The normalized spacial score (nSPS) is 40.3. The van der Waals surface area contributed by atoms with Gasteiger partial charge in [-0.15, -0.1) is 0 Å². The van der Waals surface area contributed by atoms with E-state index in [1.165, 1.54) is 77.0 Å². The molecule has 0 aromatic carbocycles. The van der Waals surface area contributed by atoms with Crippen LogP contribution in [0, 0.1) is 22.2 Å². The second kappa shape index (κ2) is 7.09. The van der Waals surface area contributed by atoms with Gasteiger partial charge in [0.15, 0.2) is 0 Å². The smallest absolute Gasteiger partial charge is 0.0215 e. The van der Waals surface area contributed by atoms with Gasteiger partial charge < -0.3 is 0 Å². The van der Waals surface area contributed by atoms with Crippen LogP contribution in [0.2, 0.25) is 0 Å². The molecule has 0 nitrogen and oxygen atoms in total. The quantitative estimate of drug-likeness (QED) is 0.461. The molecule has 0 radical (unpaired) electrons. The van der Waals surface area contributed by atoms with Crippen LogP contribution >= 0.6 is 0 Å². The maximum absolute atomic E-state index is 2.72. The van der Waals surface area contributed by atoms with Crippen LogP contribution in [-0.4, -0.2) is 0 Å². The summed E-state index contributed by atoms with van der Waals surface area (Å²) in [5.74, 6) is 1.05. The Hall–Kier alpha value is 0. The van der Waals surface area contributed by atoms with Crippen molar-refractivity contribution in [3.8, 4) is 0 Å². The van der Waals surface area contributed by atoms with Crippen LogP contribution < -0.4 is 0 Å². The third kappa shape index (κ3) is 3.67. The predicted octanol–water partition coefficient (Wildman–Crippen LogP) is 7.90. The maximum Gasteiger partial charge on any atom is -0.0215 e. The molecule has 2 unspecified atom stereocenters. The molecule has 3 rings (SSSR count). The molecule has 0 aliphatic heterocycles. The van der Waals surface area contributed by atoms with Gasteiger partial charge in [0.1, 0.15) is 0 Å². The van der Waals surface area contributed by atoms with E-state index in [9.17, 15) is 0 Å². The van der Waals surface area contributed by atoms with E-state index < -0.39 is 0 Å². The molecule has 0 saturated heterocycles. The fourth-order valence-corrected chi connectivity index (χ4v) is 6.85. The van der Waals surface area contributed by atoms with Gasteiger partial charge in [0.25, 0.3) is 0 Å². The van der Waals surface area contributed by atoms with Crippen LogP contribution in [0.1, 0.15) is 124 Å². The molecule has 0 amide bonds. The highest BCUT2D eigenvalue weighted by Gasteiger charge is 2.55. The molecule has 0 N–H and O–H groups in total. The Morgan fingerprint density at radius 2 is 1.09 bits per heavy atom. The summed E-state index contributed by atoms with van der Waals surface area (Å²) in [5.41, 5.74) is 1.97. The third-order valence-electron chi connectivity index (χ3n) is 8.52. The minimum Gasteiger partial charge on any atom is -0.0599 e. The molecule has 0 aromatic rings. The van der Waals surface area contributed by atoms with Crippen molar-refractivity contribution in [3.63, 3.8) is 0 Å². The Kier molecular flexibility index (Phi) is 5.49. The second-order valence-corrected chi connectivity index (χ2v) is 10.5. The molecule has 3 aliphatic rings. The molecule has 0 bridgehead atoms. The maximum atomic E-state index is 2.72. The third-order valence-corrected chi connectivity index (χ3v) is 8.52. The van der Waals surface area contributed by atoms with Crippen LogP contribution in [0.15, 0.2) is 0 Å². The first-order valence-electron chi connectivity index (χ1n) is 11.0. The van der Waals surface area contributed by atoms with Gasteiger partial charge in [0.2, 0.25) is 0 Å². The summed E-state index contributed by atoms with van der Waals surface area (Å²) in [6.45, 7) is 7.77. The van der Waals surface area contributed by atoms with E-state index >= 15 is 0 Å². The van der Waals surface area contributed by atoms with Crippen LogP contribution in [0.5, 0.6) is 0 Å². The number of rotatable bonds is 1. The average Bonchev–Trinajstić information content (AvgIpc) is 2.88. The molecular formula is C23H42. The van der Waals surface area contributed by atoms with Gasteiger partial charge in [-0.25, -0.2) is 0 Å². The van der Waals surface area contributed by atoms with Gasteiger partial charge in [0.05, 0.1) is 0 Å². The zero-order valence-corrected chi connectivity index (χ0v) is 16.4. The number of hydrogen-bond acceptors (Lipinski definition) is 0. The van der Waals surface area contributed by atoms with E-state index in [1.807, 2.05) is 0 Å². The fourth-order valence-electron chi connectivity index (χ4n) is 6.85. The molecule has 23 heavy (non-hydrogen) atoms. The Balaban J connectivity index is 1.82. The van der Waals surface area contributed by atoms with Crippen molar-refractivity contribution in [1.82, 2.24) is 0 Å². The van der Waals surface area contributed by atoms with Gasteiger partial charge in [-0.1, -0.05) is 72.1 Å². The molecule has 0 aromatic heterocycles. The van der Waals surface area contributed by atoms with Crippen molar-refractivity contribution in [2.75, 3.05) is 0 Å². The zero-order chi connectivity index (χ0) is 16.4. The van der Waals surface area contributed by atoms with Crippen molar-refractivity contribution >= 4 is 0 Å².